The molecule has 0 saturated carbocycles. The summed E-state index contributed by atoms with van der Waals surface area (Å²) in [5, 5.41) is 21.2. The summed E-state index contributed by atoms with van der Waals surface area (Å²) in [5.41, 5.74) is -1.35. The number of nitro benzene ring substituents is 2. The molecule has 19 heavy (non-hydrogen) atoms. The van der Waals surface area contributed by atoms with E-state index in [1.165, 1.54) is 7.11 Å². The molecule has 0 radical (unpaired) electrons. The molecule has 0 aromatic heterocycles. The molecular formula is C10H10N2O7. The SMILES string of the molecule is COCCOC(=O)c1cc([N+](=O)[O-])cc([N+](=O)[O-])c1. The predicted molar refractivity (Wildman–Crippen MR) is 61.9 cm³/mol. The molecule has 1 rings (SSSR count). The largest absolute Gasteiger partial charge is 0.460 e. The smallest absolute Gasteiger partial charge is 0.338 e. The van der Waals surface area contributed by atoms with Gasteiger partial charge in [0, 0.05) is 19.2 Å². The van der Waals surface area contributed by atoms with Crippen LogP contribution in [0.25, 0.3) is 0 Å². The fraction of sp³-hybridized carbons (Fsp3) is 0.300. The number of ether oxygens (including phenoxy) is 2. The van der Waals surface area contributed by atoms with Gasteiger partial charge in [-0.25, -0.2) is 4.79 Å². The van der Waals surface area contributed by atoms with Gasteiger partial charge in [0.25, 0.3) is 11.4 Å². The van der Waals surface area contributed by atoms with E-state index in [0.717, 1.165) is 18.2 Å². The number of hydrogen-bond acceptors (Lipinski definition) is 7. The summed E-state index contributed by atoms with van der Waals surface area (Å²) >= 11 is 0. The van der Waals surface area contributed by atoms with Crippen LogP contribution < -0.4 is 0 Å². The Morgan fingerprint density at radius 3 is 2.05 bits per heavy atom. The number of nitrogens with zero attached hydrogens (tertiary/aromatic N) is 2. The van der Waals surface area contributed by atoms with Gasteiger partial charge in [0.1, 0.15) is 6.61 Å². The molecule has 0 amide bonds. The van der Waals surface area contributed by atoms with Crippen molar-refractivity contribution in [1.29, 1.82) is 0 Å². The Bertz CT molecular complexity index is 482. The molecule has 0 spiro atoms. The Kier molecular flexibility index (Phi) is 4.89. The summed E-state index contributed by atoms with van der Waals surface area (Å²) in [7, 11) is 1.41. The van der Waals surface area contributed by atoms with E-state index in [4.69, 9.17) is 4.74 Å². The van der Waals surface area contributed by atoms with Crippen molar-refractivity contribution >= 4 is 17.3 Å². The van der Waals surface area contributed by atoms with Gasteiger partial charge in [0.2, 0.25) is 0 Å². The Balaban J connectivity index is 3.02. The van der Waals surface area contributed by atoms with Crippen molar-refractivity contribution in [3.63, 3.8) is 0 Å². The number of methoxy groups -OCH3 is 1. The number of rotatable bonds is 6. The number of esters is 1. The summed E-state index contributed by atoms with van der Waals surface area (Å²) in [6.45, 7) is 0.106. The zero-order valence-electron chi connectivity index (χ0n) is 9.90. The van der Waals surface area contributed by atoms with E-state index < -0.39 is 27.2 Å². The first-order valence-corrected chi connectivity index (χ1v) is 5.05. The van der Waals surface area contributed by atoms with E-state index >= 15 is 0 Å². The first-order chi connectivity index (χ1) is 8.95. The molecule has 0 atom stereocenters. The maximum Gasteiger partial charge on any atom is 0.338 e. The first-order valence-electron chi connectivity index (χ1n) is 5.05. The minimum atomic E-state index is -0.885. The molecule has 1 aromatic rings. The van der Waals surface area contributed by atoms with Crippen LogP contribution in [0, 0.1) is 20.2 Å². The topological polar surface area (TPSA) is 122 Å². The number of carbonyl (C=O) groups excluding carboxylic acids is 1. The molecule has 0 bridgehead atoms. The van der Waals surface area contributed by atoms with Crippen LogP contribution in [0.2, 0.25) is 0 Å². The van der Waals surface area contributed by atoms with Gasteiger partial charge in [-0.2, -0.15) is 0 Å². The lowest BCUT2D eigenvalue weighted by Crippen LogP contribution is -2.10. The molecule has 0 heterocycles. The van der Waals surface area contributed by atoms with Gasteiger partial charge >= 0.3 is 5.97 Å². The highest BCUT2D eigenvalue weighted by molar-refractivity contribution is 5.91. The molecule has 102 valence electrons. The number of nitro groups is 2. The van der Waals surface area contributed by atoms with Crippen LogP contribution in [0.3, 0.4) is 0 Å². The summed E-state index contributed by atoms with van der Waals surface area (Å²) in [6, 6.07) is 2.61. The molecule has 0 aliphatic carbocycles. The molecule has 0 aliphatic rings. The molecule has 1 aromatic carbocycles. The average molecular weight is 270 g/mol. The highest BCUT2D eigenvalue weighted by Gasteiger charge is 2.20. The number of benzene rings is 1. The van der Waals surface area contributed by atoms with Crippen LogP contribution in [-0.2, 0) is 9.47 Å². The van der Waals surface area contributed by atoms with Crippen LogP contribution in [-0.4, -0.2) is 36.1 Å². The molecule has 9 nitrogen and oxygen atoms in total. The van der Waals surface area contributed by atoms with Crippen molar-refractivity contribution < 1.29 is 24.1 Å². The second kappa shape index (κ2) is 6.40. The van der Waals surface area contributed by atoms with Crippen molar-refractivity contribution in [2.75, 3.05) is 20.3 Å². The molecule has 0 unspecified atom stereocenters. The minimum absolute atomic E-state index is 0.0498. The Morgan fingerprint density at radius 1 is 1.11 bits per heavy atom. The van der Waals surface area contributed by atoms with Gasteiger partial charge < -0.3 is 9.47 Å². The van der Waals surface area contributed by atoms with Crippen molar-refractivity contribution in [1.82, 2.24) is 0 Å². The third kappa shape index (κ3) is 4.00. The summed E-state index contributed by atoms with van der Waals surface area (Å²) in [6.07, 6.45) is 0. The Labute approximate surface area is 107 Å². The first kappa shape index (κ1) is 14.5. The lowest BCUT2D eigenvalue weighted by molar-refractivity contribution is -0.394. The van der Waals surface area contributed by atoms with Crippen LogP contribution in [0.4, 0.5) is 11.4 Å². The zero-order chi connectivity index (χ0) is 14.4. The van der Waals surface area contributed by atoms with E-state index in [2.05, 4.69) is 4.74 Å². The number of hydrogen-bond donors (Lipinski definition) is 0. The summed E-state index contributed by atoms with van der Waals surface area (Å²) in [4.78, 5) is 31.1. The van der Waals surface area contributed by atoms with E-state index in [1.54, 1.807) is 0 Å². The molecular weight excluding hydrogens is 260 g/mol. The van der Waals surface area contributed by atoms with E-state index in [-0.39, 0.29) is 18.8 Å². The molecule has 9 heteroatoms. The highest BCUT2D eigenvalue weighted by atomic mass is 16.6. The van der Waals surface area contributed by atoms with Crippen LogP contribution >= 0.6 is 0 Å². The van der Waals surface area contributed by atoms with E-state index in [0.29, 0.717) is 0 Å². The van der Waals surface area contributed by atoms with Crippen molar-refractivity contribution in [2.24, 2.45) is 0 Å². The summed E-state index contributed by atoms with van der Waals surface area (Å²) in [5.74, 6) is -0.885. The maximum atomic E-state index is 11.5. The quantitative estimate of drug-likeness (QED) is 0.330. The second-order valence-corrected chi connectivity index (χ2v) is 3.38. The number of carbonyl (C=O) groups is 1. The fourth-order valence-electron chi connectivity index (χ4n) is 1.22. The lowest BCUT2D eigenvalue weighted by Gasteiger charge is -2.04. The van der Waals surface area contributed by atoms with Crippen molar-refractivity contribution in [3.05, 3.63) is 44.0 Å². The normalized spacial score (nSPS) is 9.95. The van der Waals surface area contributed by atoms with Gasteiger partial charge in [0.05, 0.1) is 28.1 Å². The van der Waals surface area contributed by atoms with Crippen LogP contribution in [0.5, 0.6) is 0 Å². The summed E-state index contributed by atoms with van der Waals surface area (Å²) < 4.78 is 9.39. The maximum absolute atomic E-state index is 11.5. The van der Waals surface area contributed by atoms with Gasteiger partial charge in [-0.1, -0.05) is 0 Å². The second-order valence-electron chi connectivity index (χ2n) is 3.38. The number of non-ortho nitro benzene ring substituents is 2. The van der Waals surface area contributed by atoms with Gasteiger partial charge in [0.15, 0.2) is 0 Å². The van der Waals surface area contributed by atoms with E-state index in [9.17, 15) is 25.0 Å². The highest BCUT2D eigenvalue weighted by Crippen LogP contribution is 2.23. The van der Waals surface area contributed by atoms with Gasteiger partial charge in [-0.15, -0.1) is 0 Å². The fourth-order valence-corrected chi connectivity index (χ4v) is 1.22. The Morgan fingerprint density at radius 2 is 1.63 bits per heavy atom. The van der Waals surface area contributed by atoms with Crippen LogP contribution in [0.15, 0.2) is 18.2 Å². The van der Waals surface area contributed by atoms with E-state index in [1.807, 2.05) is 0 Å². The Hall–Kier alpha value is -2.55. The molecule has 0 fully saturated rings. The zero-order valence-corrected chi connectivity index (χ0v) is 9.90. The third-order valence-electron chi connectivity index (χ3n) is 2.08. The third-order valence-corrected chi connectivity index (χ3v) is 2.08. The van der Waals surface area contributed by atoms with Crippen LogP contribution in [0.1, 0.15) is 10.4 Å². The average Bonchev–Trinajstić information content (AvgIpc) is 2.38. The minimum Gasteiger partial charge on any atom is -0.460 e. The van der Waals surface area contributed by atoms with Gasteiger partial charge in [-0.3, -0.25) is 20.2 Å². The monoisotopic (exact) mass is 270 g/mol. The molecule has 0 N–H and O–H groups in total. The molecule has 0 saturated heterocycles. The van der Waals surface area contributed by atoms with Crippen molar-refractivity contribution in [3.8, 4) is 0 Å². The molecule has 0 aliphatic heterocycles. The standard InChI is InChI=1S/C10H10N2O7/c1-18-2-3-19-10(13)7-4-8(11(14)15)6-9(5-7)12(16)17/h4-6H,2-3H2,1H3. The van der Waals surface area contributed by atoms with Gasteiger partial charge in [-0.05, 0) is 0 Å². The lowest BCUT2D eigenvalue weighted by atomic mass is 10.2. The predicted octanol–water partition coefficient (Wildman–Crippen LogP) is 1.31. The van der Waals surface area contributed by atoms with Crippen molar-refractivity contribution in [2.45, 2.75) is 0 Å².